The predicted molar refractivity (Wildman–Crippen MR) is 71.5 cm³/mol. The minimum Gasteiger partial charge on any atom is -0.398 e. The van der Waals surface area contributed by atoms with E-state index in [4.69, 9.17) is 17.3 Å². The number of thioether (sulfide) groups is 1. The van der Waals surface area contributed by atoms with Crippen LogP contribution in [-0.4, -0.2) is 5.75 Å². The lowest BCUT2D eigenvalue weighted by atomic mass is 10.2. The Balaban J connectivity index is 2.35. The van der Waals surface area contributed by atoms with Gasteiger partial charge in [-0.25, -0.2) is 0 Å². The molecule has 0 aliphatic heterocycles. The Bertz CT molecular complexity index is 312. The molecule has 1 nitrogen and oxygen atoms in total. The fraction of sp³-hybridized carbons (Fsp3) is 0.500. The maximum absolute atomic E-state index is 5.85. The van der Waals surface area contributed by atoms with Crippen molar-refractivity contribution in [3.63, 3.8) is 0 Å². The SMILES string of the molecule is CC(C)CCSCc1ccc(Cl)c(N)c1. The smallest absolute Gasteiger partial charge is 0.0635 e. The first-order valence-electron chi connectivity index (χ1n) is 5.21. The molecule has 1 aromatic carbocycles. The Morgan fingerprint density at radius 1 is 1.40 bits per heavy atom. The van der Waals surface area contributed by atoms with Crippen molar-refractivity contribution in [1.29, 1.82) is 0 Å². The van der Waals surface area contributed by atoms with Gasteiger partial charge in [-0.15, -0.1) is 0 Å². The zero-order valence-corrected chi connectivity index (χ0v) is 10.9. The molecule has 84 valence electrons. The van der Waals surface area contributed by atoms with E-state index in [-0.39, 0.29) is 0 Å². The molecule has 1 aromatic rings. The van der Waals surface area contributed by atoms with E-state index in [1.807, 2.05) is 30.0 Å². The number of nitrogens with two attached hydrogens (primary N) is 1. The average molecular weight is 244 g/mol. The summed E-state index contributed by atoms with van der Waals surface area (Å²) < 4.78 is 0. The second-order valence-corrected chi connectivity index (χ2v) is 5.60. The van der Waals surface area contributed by atoms with Gasteiger partial charge < -0.3 is 5.73 Å². The molecule has 2 N–H and O–H groups in total. The third-order valence-electron chi connectivity index (χ3n) is 2.17. The van der Waals surface area contributed by atoms with Crippen molar-refractivity contribution < 1.29 is 0 Å². The molecule has 0 bridgehead atoms. The van der Waals surface area contributed by atoms with Gasteiger partial charge in [0.2, 0.25) is 0 Å². The number of anilines is 1. The Hall–Kier alpha value is -0.340. The molecule has 0 heterocycles. The van der Waals surface area contributed by atoms with Crippen LogP contribution < -0.4 is 5.73 Å². The minimum atomic E-state index is 0.644. The molecule has 0 atom stereocenters. The molecular weight excluding hydrogens is 226 g/mol. The first-order chi connectivity index (χ1) is 7.09. The van der Waals surface area contributed by atoms with Crippen LogP contribution >= 0.6 is 23.4 Å². The van der Waals surface area contributed by atoms with Gasteiger partial charge in [0, 0.05) is 5.75 Å². The van der Waals surface area contributed by atoms with E-state index >= 15 is 0 Å². The van der Waals surface area contributed by atoms with Crippen molar-refractivity contribution >= 4 is 29.1 Å². The molecule has 0 spiro atoms. The van der Waals surface area contributed by atoms with E-state index < -0.39 is 0 Å². The quantitative estimate of drug-likeness (QED) is 0.620. The Morgan fingerprint density at radius 3 is 2.73 bits per heavy atom. The summed E-state index contributed by atoms with van der Waals surface area (Å²) in [7, 11) is 0. The molecule has 15 heavy (non-hydrogen) atoms. The van der Waals surface area contributed by atoms with Crippen LogP contribution in [0.2, 0.25) is 5.02 Å². The predicted octanol–water partition coefficient (Wildman–Crippen LogP) is 4.20. The van der Waals surface area contributed by atoms with E-state index in [0.29, 0.717) is 10.7 Å². The summed E-state index contributed by atoms with van der Waals surface area (Å²) in [5, 5.41) is 0.644. The van der Waals surface area contributed by atoms with Crippen molar-refractivity contribution in [3.05, 3.63) is 28.8 Å². The largest absolute Gasteiger partial charge is 0.398 e. The molecule has 0 fully saturated rings. The monoisotopic (exact) mass is 243 g/mol. The molecule has 3 heteroatoms. The number of hydrogen-bond donors (Lipinski definition) is 1. The first kappa shape index (κ1) is 12.7. The fourth-order valence-electron chi connectivity index (χ4n) is 1.19. The lowest BCUT2D eigenvalue weighted by Gasteiger charge is -2.06. The van der Waals surface area contributed by atoms with Crippen LogP contribution in [0.4, 0.5) is 5.69 Å². The lowest BCUT2D eigenvalue weighted by Crippen LogP contribution is -1.92. The van der Waals surface area contributed by atoms with Crippen LogP contribution in [0.15, 0.2) is 18.2 Å². The number of rotatable bonds is 5. The van der Waals surface area contributed by atoms with Crippen molar-refractivity contribution in [1.82, 2.24) is 0 Å². The zero-order valence-electron chi connectivity index (χ0n) is 9.29. The third-order valence-corrected chi connectivity index (χ3v) is 3.57. The van der Waals surface area contributed by atoms with E-state index in [1.165, 1.54) is 17.7 Å². The highest BCUT2D eigenvalue weighted by Crippen LogP contribution is 2.22. The van der Waals surface area contributed by atoms with Crippen molar-refractivity contribution in [2.24, 2.45) is 5.92 Å². The summed E-state index contributed by atoms with van der Waals surface area (Å²) in [6.07, 6.45) is 1.27. The molecule has 1 rings (SSSR count). The fourth-order valence-corrected chi connectivity index (χ4v) is 2.51. The van der Waals surface area contributed by atoms with Gasteiger partial charge in [0.05, 0.1) is 10.7 Å². The Labute approximate surface area is 101 Å². The number of hydrogen-bond acceptors (Lipinski definition) is 2. The van der Waals surface area contributed by atoms with Crippen LogP contribution in [0.5, 0.6) is 0 Å². The van der Waals surface area contributed by atoms with Crippen LogP contribution in [0.3, 0.4) is 0 Å². The van der Waals surface area contributed by atoms with Crippen LogP contribution in [0.1, 0.15) is 25.8 Å². The Morgan fingerprint density at radius 2 is 2.13 bits per heavy atom. The maximum atomic E-state index is 5.85. The molecule has 0 aliphatic rings. The average Bonchev–Trinajstić information content (AvgIpc) is 2.18. The summed E-state index contributed by atoms with van der Waals surface area (Å²) in [5.41, 5.74) is 7.67. The van der Waals surface area contributed by atoms with E-state index in [2.05, 4.69) is 13.8 Å². The van der Waals surface area contributed by atoms with Crippen LogP contribution in [-0.2, 0) is 5.75 Å². The molecule has 0 unspecified atom stereocenters. The topological polar surface area (TPSA) is 26.0 Å². The standard InChI is InChI=1S/C12H18ClNS/c1-9(2)5-6-15-8-10-3-4-11(13)12(14)7-10/h3-4,7,9H,5-6,8,14H2,1-2H3. The molecule has 0 saturated carbocycles. The second kappa shape index (κ2) is 6.29. The highest BCUT2D eigenvalue weighted by molar-refractivity contribution is 7.98. The van der Waals surface area contributed by atoms with Gasteiger partial charge >= 0.3 is 0 Å². The summed E-state index contributed by atoms with van der Waals surface area (Å²) in [4.78, 5) is 0. The second-order valence-electron chi connectivity index (χ2n) is 4.09. The lowest BCUT2D eigenvalue weighted by molar-refractivity contribution is 0.632. The highest BCUT2D eigenvalue weighted by atomic mass is 35.5. The van der Waals surface area contributed by atoms with Crippen LogP contribution in [0, 0.1) is 5.92 Å². The maximum Gasteiger partial charge on any atom is 0.0635 e. The highest BCUT2D eigenvalue weighted by Gasteiger charge is 1.99. The molecular formula is C12H18ClNS. The number of halogens is 1. The zero-order chi connectivity index (χ0) is 11.3. The van der Waals surface area contributed by atoms with Gasteiger partial charge in [-0.3, -0.25) is 0 Å². The number of benzene rings is 1. The van der Waals surface area contributed by atoms with Gasteiger partial charge in [-0.1, -0.05) is 31.5 Å². The molecule has 0 amide bonds. The number of nitrogen functional groups attached to an aromatic ring is 1. The van der Waals surface area contributed by atoms with E-state index in [0.717, 1.165) is 11.7 Å². The normalized spacial score (nSPS) is 10.9. The van der Waals surface area contributed by atoms with Crippen molar-refractivity contribution in [3.8, 4) is 0 Å². The summed E-state index contributed by atoms with van der Waals surface area (Å²) >= 11 is 7.80. The Kier molecular flexibility index (Phi) is 5.34. The van der Waals surface area contributed by atoms with Crippen molar-refractivity contribution in [2.75, 3.05) is 11.5 Å². The van der Waals surface area contributed by atoms with Gasteiger partial charge in [0.1, 0.15) is 0 Å². The summed E-state index contributed by atoms with van der Waals surface area (Å²) in [6.45, 7) is 4.50. The summed E-state index contributed by atoms with van der Waals surface area (Å²) in [5.74, 6) is 3.02. The summed E-state index contributed by atoms with van der Waals surface area (Å²) in [6, 6.07) is 5.88. The van der Waals surface area contributed by atoms with Crippen LogP contribution in [0.25, 0.3) is 0 Å². The molecule has 0 aromatic heterocycles. The van der Waals surface area contributed by atoms with E-state index in [9.17, 15) is 0 Å². The van der Waals surface area contributed by atoms with Gasteiger partial charge in [-0.05, 0) is 35.8 Å². The minimum absolute atomic E-state index is 0.644. The van der Waals surface area contributed by atoms with Gasteiger partial charge in [0.25, 0.3) is 0 Å². The first-order valence-corrected chi connectivity index (χ1v) is 6.74. The molecule has 0 radical (unpaired) electrons. The molecule has 0 saturated heterocycles. The van der Waals surface area contributed by atoms with Crippen molar-refractivity contribution in [2.45, 2.75) is 26.0 Å². The van der Waals surface area contributed by atoms with Gasteiger partial charge in [-0.2, -0.15) is 11.8 Å². The third kappa shape index (κ3) is 4.80. The van der Waals surface area contributed by atoms with E-state index in [1.54, 1.807) is 0 Å². The van der Waals surface area contributed by atoms with Gasteiger partial charge in [0.15, 0.2) is 0 Å². The molecule has 0 aliphatic carbocycles.